The van der Waals surface area contributed by atoms with Crippen molar-refractivity contribution < 1.29 is 14.0 Å². The third kappa shape index (κ3) is 4.53. The van der Waals surface area contributed by atoms with E-state index in [2.05, 4.69) is 10.6 Å². The Hall–Kier alpha value is -3.25. The first-order chi connectivity index (χ1) is 13.3. The second-order valence-corrected chi connectivity index (χ2v) is 6.92. The molecule has 1 amide bonds. The van der Waals surface area contributed by atoms with Gasteiger partial charge in [-0.1, -0.05) is 24.3 Å². The van der Waals surface area contributed by atoms with Crippen molar-refractivity contribution in [2.24, 2.45) is 0 Å². The molecule has 0 radical (unpaired) electrons. The summed E-state index contributed by atoms with van der Waals surface area (Å²) in [5.41, 5.74) is 4.43. The molecule has 0 aliphatic heterocycles. The highest BCUT2D eigenvalue weighted by atomic mass is 32.1. The lowest BCUT2D eigenvalue weighted by molar-refractivity contribution is 0.0950. The quantitative estimate of drug-likeness (QED) is 0.488. The standard InChI is InChI=1S/C22H20N2O3S/c1-13-7-8-17(11-14(13)2)19-9-10-20(27-19)21(26)24-22(28)23-18-6-4-5-16(12-18)15(3)25/h4-12H,1-3H3,(H2,23,24,26,28). The van der Waals surface area contributed by atoms with E-state index in [1.165, 1.54) is 12.5 Å². The number of ketones is 1. The van der Waals surface area contributed by atoms with Gasteiger partial charge < -0.3 is 9.73 Å². The van der Waals surface area contributed by atoms with E-state index < -0.39 is 5.91 Å². The largest absolute Gasteiger partial charge is 0.451 e. The summed E-state index contributed by atoms with van der Waals surface area (Å²) in [6, 6.07) is 16.2. The zero-order valence-corrected chi connectivity index (χ0v) is 16.6. The molecule has 142 valence electrons. The Morgan fingerprint density at radius 1 is 0.964 bits per heavy atom. The zero-order valence-electron chi connectivity index (χ0n) is 15.8. The summed E-state index contributed by atoms with van der Waals surface area (Å²) in [7, 11) is 0. The number of carbonyl (C=O) groups is 2. The number of anilines is 1. The van der Waals surface area contributed by atoms with E-state index >= 15 is 0 Å². The normalized spacial score (nSPS) is 10.4. The van der Waals surface area contributed by atoms with Gasteiger partial charge in [0.15, 0.2) is 16.7 Å². The van der Waals surface area contributed by atoms with Crippen molar-refractivity contribution in [3.05, 3.63) is 77.0 Å². The third-order valence-corrected chi connectivity index (χ3v) is 4.58. The van der Waals surface area contributed by atoms with Crippen LogP contribution in [0.5, 0.6) is 0 Å². The van der Waals surface area contributed by atoms with Gasteiger partial charge in [0, 0.05) is 16.8 Å². The van der Waals surface area contributed by atoms with Crippen LogP contribution in [0.1, 0.15) is 39.0 Å². The van der Waals surface area contributed by atoms with E-state index in [1.807, 2.05) is 32.0 Å². The molecule has 3 aromatic rings. The zero-order chi connectivity index (χ0) is 20.3. The average Bonchev–Trinajstić information content (AvgIpc) is 3.14. The first kappa shape index (κ1) is 19.5. The summed E-state index contributed by atoms with van der Waals surface area (Å²) in [6.07, 6.45) is 0. The van der Waals surface area contributed by atoms with E-state index in [0.29, 0.717) is 17.0 Å². The number of rotatable bonds is 4. The van der Waals surface area contributed by atoms with Crippen LogP contribution in [0, 0.1) is 13.8 Å². The molecule has 3 rings (SSSR count). The highest BCUT2D eigenvalue weighted by molar-refractivity contribution is 7.80. The number of thiocarbonyl (C=S) groups is 1. The van der Waals surface area contributed by atoms with Crippen LogP contribution >= 0.6 is 12.2 Å². The minimum absolute atomic E-state index is 0.0481. The van der Waals surface area contributed by atoms with Crippen molar-refractivity contribution in [2.45, 2.75) is 20.8 Å². The van der Waals surface area contributed by atoms with Crippen LogP contribution in [0.3, 0.4) is 0 Å². The van der Waals surface area contributed by atoms with Crippen molar-refractivity contribution in [2.75, 3.05) is 5.32 Å². The molecule has 0 atom stereocenters. The van der Waals surface area contributed by atoms with Crippen LogP contribution in [0.25, 0.3) is 11.3 Å². The van der Waals surface area contributed by atoms with Gasteiger partial charge in [0.05, 0.1) is 0 Å². The number of Topliss-reactive ketones (excluding diaryl/α,β-unsaturated/α-hetero) is 1. The number of hydrogen-bond acceptors (Lipinski definition) is 4. The molecule has 1 aromatic heterocycles. The lowest BCUT2D eigenvalue weighted by Gasteiger charge is -2.09. The first-order valence-electron chi connectivity index (χ1n) is 8.74. The summed E-state index contributed by atoms with van der Waals surface area (Å²) in [5.74, 6) is 0.277. The van der Waals surface area contributed by atoms with Gasteiger partial charge in [-0.05, 0) is 74.4 Å². The van der Waals surface area contributed by atoms with E-state index in [1.54, 1.807) is 36.4 Å². The van der Waals surface area contributed by atoms with Crippen molar-refractivity contribution in [3.8, 4) is 11.3 Å². The molecule has 0 saturated heterocycles. The Balaban J connectivity index is 1.67. The van der Waals surface area contributed by atoms with Gasteiger partial charge >= 0.3 is 0 Å². The second-order valence-electron chi connectivity index (χ2n) is 6.51. The molecule has 0 fully saturated rings. The number of hydrogen-bond donors (Lipinski definition) is 2. The fourth-order valence-electron chi connectivity index (χ4n) is 2.65. The molecular weight excluding hydrogens is 372 g/mol. The molecular formula is C22H20N2O3S. The molecule has 28 heavy (non-hydrogen) atoms. The topological polar surface area (TPSA) is 71.3 Å². The molecule has 2 N–H and O–H groups in total. The van der Waals surface area contributed by atoms with Crippen LogP contribution in [0.4, 0.5) is 5.69 Å². The maximum atomic E-state index is 12.4. The molecule has 6 heteroatoms. The van der Waals surface area contributed by atoms with Crippen molar-refractivity contribution >= 4 is 34.7 Å². The highest BCUT2D eigenvalue weighted by Crippen LogP contribution is 2.24. The Labute approximate surface area is 168 Å². The molecule has 0 bridgehead atoms. The van der Waals surface area contributed by atoms with E-state index in [4.69, 9.17) is 16.6 Å². The summed E-state index contributed by atoms with van der Waals surface area (Å²) in [6.45, 7) is 5.56. The Morgan fingerprint density at radius 2 is 1.75 bits per heavy atom. The maximum Gasteiger partial charge on any atom is 0.293 e. The molecule has 0 unspecified atom stereocenters. The molecule has 0 aliphatic rings. The Morgan fingerprint density at radius 3 is 2.46 bits per heavy atom. The number of benzene rings is 2. The average molecular weight is 392 g/mol. The molecule has 0 spiro atoms. The van der Waals surface area contributed by atoms with Gasteiger partial charge in [-0.2, -0.15) is 0 Å². The second kappa shape index (κ2) is 8.19. The van der Waals surface area contributed by atoms with Crippen LogP contribution in [-0.2, 0) is 0 Å². The number of aryl methyl sites for hydroxylation is 2. The van der Waals surface area contributed by atoms with Crippen molar-refractivity contribution in [1.29, 1.82) is 0 Å². The molecule has 2 aromatic carbocycles. The Kier molecular flexibility index (Phi) is 5.70. The summed E-state index contributed by atoms with van der Waals surface area (Å²) < 4.78 is 5.68. The predicted octanol–water partition coefficient (Wildman–Crippen LogP) is 4.89. The SMILES string of the molecule is CC(=O)c1cccc(NC(=S)NC(=O)c2ccc(-c3ccc(C)c(C)c3)o2)c1. The minimum Gasteiger partial charge on any atom is -0.451 e. The molecule has 0 aliphatic carbocycles. The first-order valence-corrected chi connectivity index (χ1v) is 9.15. The number of carbonyl (C=O) groups excluding carboxylic acids is 2. The van der Waals surface area contributed by atoms with Crippen LogP contribution < -0.4 is 10.6 Å². The number of nitrogens with one attached hydrogen (secondary N) is 2. The van der Waals surface area contributed by atoms with Crippen LogP contribution in [-0.4, -0.2) is 16.8 Å². The van der Waals surface area contributed by atoms with E-state index in [-0.39, 0.29) is 16.7 Å². The van der Waals surface area contributed by atoms with Crippen LogP contribution in [0.15, 0.2) is 59.0 Å². The fourth-order valence-corrected chi connectivity index (χ4v) is 2.86. The predicted molar refractivity (Wildman–Crippen MR) is 114 cm³/mol. The van der Waals surface area contributed by atoms with Gasteiger partial charge in [-0.25, -0.2) is 0 Å². The van der Waals surface area contributed by atoms with Gasteiger partial charge in [0.1, 0.15) is 5.76 Å². The molecule has 0 saturated carbocycles. The van der Waals surface area contributed by atoms with Gasteiger partial charge in [-0.3, -0.25) is 14.9 Å². The molecule has 5 nitrogen and oxygen atoms in total. The number of furan rings is 1. The summed E-state index contributed by atoms with van der Waals surface area (Å²) in [5, 5.41) is 5.60. The van der Waals surface area contributed by atoms with Gasteiger partial charge in [0.25, 0.3) is 5.91 Å². The number of amides is 1. The highest BCUT2D eigenvalue weighted by Gasteiger charge is 2.14. The molecule has 1 heterocycles. The lowest BCUT2D eigenvalue weighted by atomic mass is 10.1. The Bertz CT molecular complexity index is 1070. The smallest absolute Gasteiger partial charge is 0.293 e. The lowest BCUT2D eigenvalue weighted by Crippen LogP contribution is -2.33. The third-order valence-electron chi connectivity index (χ3n) is 4.38. The maximum absolute atomic E-state index is 12.4. The minimum atomic E-state index is -0.449. The van der Waals surface area contributed by atoms with E-state index in [9.17, 15) is 9.59 Å². The summed E-state index contributed by atoms with van der Waals surface area (Å²) in [4.78, 5) is 23.9. The fraction of sp³-hybridized carbons (Fsp3) is 0.136. The van der Waals surface area contributed by atoms with Crippen LogP contribution in [0.2, 0.25) is 0 Å². The van der Waals surface area contributed by atoms with Crippen molar-refractivity contribution in [1.82, 2.24) is 5.32 Å². The monoisotopic (exact) mass is 392 g/mol. The van der Waals surface area contributed by atoms with E-state index in [0.717, 1.165) is 11.1 Å². The summed E-state index contributed by atoms with van der Waals surface area (Å²) >= 11 is 5.18. The van der Waals surface area contributed by atoms with Gasteiger partial charge in [-0.15, -0.1) is 0 Å². The van der Waals surface area contributed by atoms with Crippen molar-refractivity contribution in [3.63, 3.8) is 0 Å². The van der Waals surface area contributed by atoms with Gasteiger partial charge in [0.2, 0.25) is 0 Å².